The SMILES string of the molecule is Cc1c(Br)c(-c2nc3c4ccccc4ncn3n2)nn1C. The summed E-state index contributed by atoms with van der Waals surface area (Å²) in [6.45, 7) is 1.99. The number of para-hydroxylation sites is 1. The topological polar surface area (TPSA) is 60.9 Å². The molecule has 0 aliphatic heterocycles. The lowest BCUT2D eigenvalue weighted by Gasteiger charge is -1.96. The van der Waals surface area contributed by atoms with Gasteiger partial charge in [0.25, 0.3) is 0 Å². The summed E-state index contributed by atoms with van der Waals surface area (Å²) in [5, 5.41) is 9.93. The van der Waals surface area contributed by atoms with Gasteiger partial charge in [-0.25, -0.2) is 14.5 Å². The molecule has 3 aromatic heterocycles. The van der Waals surface area contributed by atoms with Gasteiger partial charge in [0.2, 0.25) is 5.82 Å². The average Bonchev–Trinajstić information content (AvgIpc) is 3.04. The van der Waals surface area contributed by atoms with Gasteiger partial charge in [-0.3, -0.25) is 4.68 Å². The van der Waals surface area contributed by atoms with E-state index in [-0.39, 0.29) is 0 Å². The van der Waals surface area contributed by atoms with Crippen LogP contribution in [0.15, 0.2) is 35.1 Å². The number of hydrogen-bond donors (Lipinski definition) is 0. The number of hydrogen-bond acceptors (Lipinski definition) is 4. The minimum atomic E-state index is 0.587. The van der Waals surface area contributed by atoms with Crippen molar-refractivity contribution in [3.05, 3.63) is 40.8 Å². The van der Waals surface area contributed by atoms with Crippen molar-refractivity contribution in [1.29, 1.82) is 0 Å². The zero-order valence-electron chi connectivity index (χ0n) is 11.4. The Morgan fingerprint density at radius 3 is 2.71 bits per heavy atom. The summed E-state index contributed by atoms with van der Waals surface area (Å²) in [6.07, 6.45) is 1.68. The fraction of sp³-hybridized carbons (Fsp3) is 0.143. The molecule has 4 rings (SSSR count). The lowest BCUT2D eigenvalue weighted by Crippen LogP contribution is -1.93. The third-order valence-corrected chi connectivity index (χ3v) is 4.50. The molecule has 7 heteroatoms. The summed E-state index contributed by atoms with van der Waals surface area (Å²) in [6, 6.07) is 7.89. The predicted octanol–water partition coefficient (Wildman–Crippen LogP) is 2.75. The highest BCUT2D eigenvalue weighted by Crippen LogP contribution is 2.28. The van der Waals surface area contributed by atoms with Gasteiger partial charge >= 0.3 is 0 Å². The van der Waals surface area contributed by atoms with E-state index in [0.29, 0.717) is 5.82 Å². The van der Waals surface area contributed by atoms with Crippen LogP contribution in [-0.4, -0.2) is 29.4 Å². The van der Waals surface area contributed by atoms with E-state index in [9.17, 15) is 0 Å². The lowest BCUT2D eigenvalue weighted by molar-refractivity contribution is 0.740. The summed E-state index contributed by atoms with van der Waals surface area (Å²) < 4.78 is 4.41. The van der Waals surface area contributed by atoms with E-state index >= 15 is 0 Å². The molecule has 0 bridgehead atoms. The number of halogens is 1. The van der Waals surface area contributed by atoms with E-state index in [4.69, 9.17) is 0 Å². The summed E-state index contributed by atoms with van der Waals surface area (Å²) in [7, 11) is 1.90. The van der Waals surface area contributed by atoms with E-state index in [1.165, 1.54) is 0 Å². The zero-order valence-corrected chi connectivity index (χ0v) is 13.0. The highest BCUT2D eigenvalue weighted by molar-refractivity contribution is 9.10. The van der Waals surface area contributed by atoms with E-state index in [2.05, 4.69) is 36.1 Å². The van der Waals surface area contributed by atoms with Gasteiger partial charge in [0, 0.05) is 18.1 Å². The standard InChI is InChI=1S/C14H11BrN6/c1-8-11(15)12(18-20(8)2)13-17-14-9-5-3-4-6-10(9)16-7-21(14)19-13/h3-7H,1-2H3. The van der Waals surface area contributed by atoms with Crippen molar-refractivity contribution >= 4 is 32.5 Å². The minimum Gasteiger partial charge on any atom is -0.271 e. The monoisotopic (exact) mass is 342 g/mol. The van der Waals surface area contributed by atoms with Gasteiger partial charge in [-0.2, -0.15) is 5.10 Å². The van der Waals surface area contributed by atoms with Gasteiger partial charge in [0.15, 0.2) is 5.65 Å². The predicted molar refractivity (Wildman–Crippen MR) is 82.9 cm³/mol. The maximum absolute atomic E-state index is 4.63. The minimum absolute atomic E-state index is 0.587. The third-order valence-electron chi connectivity index (χ3n) is 3.56. The first-order valence-corrected chi connectivity index (χ1v) is 7.24. The van der Waals surface area contributed by atoms with Crippen LogP contribution in [0.2, 0.25) is 0 Å². The Bertz CT molecular complexity index is 984. The normalized spacial score (nSPS) is 11.6. The number of benzene rings is 1. The lowest BCUT2D eigenvalue weighted by atomic mass is 10.2. The Morgan fingerprint density at radius 2 is 1.95 bits per heavy atom. The Hall–Kier alpha value is -2.28. The molecule has 21 heavy (non-hydrogen) atoms. The van der Waals surface area contributed by atoms with E-state index in [0.717, 1.165) is 32.4 Å². The maximum atomic E-state index is 4.63. The van der Waals surface area contributed by atoms with Crippen molar-refractivity contribution in [3.8, 4) is 11.5 Å². The second kappa shape index (κ2) is 4.36. The zero-order chi connectivity index (χ0) is 14.6. The van der Waals surface area contributed by atoms with E-state index in [1.807, 2.05) is 42.9 Å². The van der Waals surface area contributed by atoms with Crippen molar-refractivity contribution in [2.45, 2.75) is 6.92 Å². The van der Waals surface area contributed by atoms with Crippen molar-refractivity contribution in [3.63, 3.8) is 0 Å². The molecular weight excluding hydrogens is 332 g/mol. The molecule has 3 heterocycles. The fourth-order valence-corrected chi connectivity index (χ4v) is 2.82. The number of fused-ring (bicyclic) bond motifs is 3. The van der Waals surface area contributed by atoms with Crippen LogP contribution in [0.3, 0.4) is 0 Å². The molecule has 1 aromatic carbocycles. The molecular formula is C14H11BrN6. The third kappa shape index (κ3) is 1.77. The van der Waals surface area contributed by atoms with E-state index < -0.39 is 0 Å². The van der Waals surface area contributed by atoms with Crippen LogP contribution in [0.5, 0.6) is 0 Å². The Labute approximate surface area is 128 Å². The molecule has 0 aliphatic rings. The smallest absolute Gasteiger partial charge is 0.203 e. The second-order valence-corrected chi connectivity index (χ2v) is 5.63. The van der Waals surface area contributed by atoms with Gasteiger partial charge in [-0.15, -0.1) is 5.10 Å². The molecule has 0 aliphatic carbocycles. The molecule has 0 spiro atoms. The molecule has 0 atom stereocenters. The molecule has 0 fully saturated rings. The molecule has 0 N–H and O–H groups in total. The highest BCUT2D eigenvalue weighted by Gasteiger charge is 2.17. The molecule has 4 aromatic rings. The molecule has 0 unspecified atom stereocenters. The Morgan fingerprint density at radius 1 is 1.14 bits per heavy atom. The maximum Gasteiger partial charge on any atom is 0.203 e. The molecule has 0 saturated heterocycles. The number of nitrogens with zero attached hydrogens (tertiary/aromatic N) is 6. The molecule has 0 radical (unpaired) electrons. The van der Waals surface area contributed by atoms with E-state index in [1.54, 1.807) is 10.8 Å². The summed E-state index contributed by atoms with van der Waals surface area (Å²) in [4.78, 5) is 9.02. The first-order chi connectivity index (χ1) is 10.1. The molecule has 6 nitrogen and oxygen atoms in total. The van der Waals surface area contributed by atoms with Crippen LogP contribution >= 0.6 is 15.9 Å². The highest BCUT2D eigenvalue weighted by atomic mass is 79.9. The average molecular weight is 343 g/mol. The Balaban J connectivity index is 2.02. The van der Waals surface area contributed by atoms with Crippen LogP contribution in [-0.2, 0) is 7.05 Å². The summed E-state index contributed by atoms with van der Waals surface area (Å²) in [5.41, 5.74) is 3.46. The van der Waals surface area contributed by atoms with Gasteiger partial charge in [-0.1, -0.05) is 12.1 Å². The van der Waals surface area contributed by atoms with Gasteiger partial charge in [0.05, 0.1) is 9.99 Å². The van der Waals surface area contributed by atoms with Crippen LogP contribution in [0.4, 0.5) is 0 Å². The fourth-order valence-electron chi connectivity index (χ4n) is 2.31. The first kappa shape index (κ1) is 12.5. The molecule has 0 saturated carbocycles. The second-order valence-electron chi connectivity index (χ2n) is 4.84. The van der Waals surface area contributed by atoms with Crippen LogP contribution < -0.4 is 0 Å². The number of aryl methyl sites for hydroxylation is 1. The van der Waals surface area contributed by atoms with Crippen LogP contribution in [0, 0.1) is 6.92 Å². The van der Waals surface area contributed by atoms with Crippen molar-refractivity contribution < 1.29 is 0 Å². The number of aromatic nitrogens is 6. The summed E-state index contributed by atoms with van der Waals surface area (Å²) >= 11 is 3.56. The van der Waals surface area contributed by atoms with Gasteiger partial charge in [0.1, 0.15) is 12.0 Å². The Kier molecular flexibility index (Phi) is 2.58. The van der Waals surface area contributed by atoms with Gasteiger partial charge in [-0.05, 0) is 35.0 Å². The van der Waals surface area contributed by atoms with Crippen molar-refractivity contribution in [2.24, 2.45) is 7.05 Å². The molecule has 104 valence electrons. The quantitative estimate of drug-likeness (QED) is 0.533. The van der Waals surface area contributed by atoms with Crippen molar-refractivity contribution in [1.82, 2.24) is 29.4 Å². The molecule has 0 amide bonds. The van der Waals surface area contributed by atoms with Crippen molar-refractivity contribution in [2.75, 3.05) is 0 Å². The number of rotatable bonds is 1. The van der Waals surface area contributed by atoms with Gasteiger partial charge < -0.3 is 0 Å². The first-order valence-electron chi connectivity index (χ1n) is 6.45. The largest absolute Gasteiger partial charge is 0.271 e. The summed E-state index contributed by atoms with van der Waals surface area (Å²) in [5.74, 6) is 0.587. The van der Waals surface area contributed by atoms with Crippen LogP contribution in [0.1, 0.15) is 5.69 Å². The van der Waals surface area contributed by atoms with Crippen LogP contribution in [0.25, 0.3) is 28.1 Å².